The Kier molecular flexibility index (Phi) is 3.64. The molecule has 96 valence electrons. The van der Waals surface area contributed by atoms with Gasteiger partial charge < -0.3 is 5.32 Å². The molecule has 0 bridgehead atoms. The number of rotatable bonds is 0. The molecule has 0 saturated heterocycles. The second-order valence-electron chi connectivity index (χ2n) is 4.96. The van der Waals surface area contributed by atoms with Crippen molar-refractivity contribution in [1.82, 2.24) is 5.32 Å². The molecule has 0 unspecified atom stereocenters. The van der Waals surface area contributed by atoms with Crippen LogP contribution in [-0.4, -0.2) is 6.54 Å². The zero-order chi connectivity index (χ0) is 12.9. The second kappa shape index (κ2) is 5.75. The van der Waals surface area contributed by atoms with Crippen LogP contribution >= 0.6 is 0 Å². The predicted octanol–water partition coefficient (Wildman–Crippen LogP) is 4.12. The van der Waals surface area contributed by atoms with Crippen LogP contribution in [0.1, 0.15) is 19.3 Å². The van der Waals surface area contributed by atoms with Gasteiger partial charge in [0, 0.05) is 12.2 Å². The number of hydrogen-bond donors (Lipinski definition) is 1. The third kappa shape index (κ3) is 2.87. The van der Waals surface area contributed by atoms with Crippen molar-refractivity contribution in [3.8, 4) is 0 Å². The van der Waals surface area contributed by atoms with Gasteiger partial charge in [-0.3, -0.25) is 0 Å². The van der Waals surface area contributed by atoms with Crippen LogP contribution in [-0.2, 0) is 0 Å². The smallest absolute Gasteiger partial charge is 0.0413 e. The first-order chi connectivity index (χ1) is 9.43. The summed E-state index contributed by atoms with van der Waals surface area (Å²) in [6.45, 7) is 0.904. The molecule has 2 aliphatic carbocycles. The molecular weight excluding hydrogens is 230 g/mol. The molecule has 19 heavy (non-hydrogen) atoms. The van der Waals surface area contributed by atoms with E-state index in [1.54, 1.807) is 0 Å². The molecule has 0 aromatic heterocycles. The Labute approximate surface area is 115 Å². The van der Waals surface area contributed by atoms with E-state index in [1.807, 2.05) is 0 Å². The summed E-state index contributed by atoms with van der Waals surface area (Å²) >= 11 is 0. The third-order valence-corrected chi connectivity index (χ3v) is 3.61. The number of hydrogen-bond acceptors (Lipinski definition) is 1. The summed E-state index contributed by atoms with van der Waals surface area (Å²) in [6.07, 6.45) is 25.4. The highest BCUT2D eigenvalue weighted by Gasteiger charge is 2.08. The lowest BCUT2D eigenvalue weighted by molar-refractivity contribution is 0.887. The summed E-state index contributed by atoms with van der Waals surface area (Å²) in [5, 5.41) is 3.57. The maximum atomic E-state index is 3.57. The van der Waals surface area contributed by atoms with Crippen molar-refractivity contribution in [2.45, 2.75) is 19.3 Å². The van der Waals surface area contributed by atoms with E-state index < -0.39 is 0 Å². The fourth-order valence-electron chi connectivity index (χ4n) is 2.51. The van der Waals surface area contributed by atoms with E-state index in [2.05, 4.69) is 66.1 Å². The SMILES string of the molecule is C1=CC2=C(C=CC1)NCC1=C(C=C2)C/C=C\CC=C1. The van der Waals surface area contributed by atoms with Crippen LogP contribution < -0.4 is 5.32 Å². The molecule has 3 aliphatic rings. The van der Waals surface area contributed by atoms with Crippen LogP contribution in [0, 0.1) is 0 Å². The summed E-state index contributed by atoms with van der Waals surface area (Å²) in [5.41, 5.74) is 5.31. The van der Waals surface area contributed by atoms with Gasteiger partial charge in [0.1, 0.15) is 0 Å². The Bertz CT molecular complexity index is 562. The van der Waals surface area contributed by atoms with Crippen molar-refractivity contribution in [3.05, 3.63) is 83.2 Å². The van der Waals surface area contributed by atoms with Gasteiger partial charge in [0.05, 0.1) is 0 Å². The molecular formula is C18H19N. The summed E-state index contributed by atoms with van der Waals surface area (Å²) in [5.74, 6) is 0. The molecule has 1 aliphatic heterocycles. The van der Waals surface area contributed by atoms with E-state index in [9.17, 15) is 0 Å². The first-order valence-electron chi connectivity index (χ1n) is 6.96. The Morgan fingerprint density at radius 2 is 1.53 bits per heavy atom. The van der Waals surface area contributed by atoms with Gasteiger partial charge in [0.25, 0.3) is 0 Å². The molecule has 0 amide bonds. The van der Waals surface area contributed by atoms with Crippen molar-refractivity contribution in [2.24, 2.45) is 0 Å². The summed E-state index contributed by atoms with van der Waals surface area (Å²) in [4.78, 5) is 0. The molecule has 0 atom stereocenters. The molecule has 1 nitrogen and oxygen atoms in total. The molecule has 1 heteroatoms. The zero-order valence-corrected chi connectivity index (χ0v) is 11.1. The molecule has 1 heterocycles. The van der Waals surface area contributed by atoms with Gasteiger partial charge in [-0.1, -0.05) is 54.7 Å². The van der Waals surface area contributed by atoms with E-state index in [-0.39, 0.29) is 0 Å². The van der Waals surface area contributed by atoms with E-state index in [1.165, 1.54) is 22.4 Å². The first kappa shape index (κ1) is 12.0. The number of allylic oxidation sites excluding steroid dienone is 11. The summed E-state index contributed by atoms with van der Waals surface area (Å²) in [7, 11) is 0. The van der Waals surface area contributed by atoms with Crippen LogP contribution in [0.25, 0.3) is 0 Å². The maximum absolute atomic E-state index is 3.57. The standard InChI is InChI=1S/C18H19N/c1-2-5-10-17-14-19-18-11-7-3-6-9-16(18)13-12-15(17)8-4-1/h1,4-7,9-13,19H,2-3,8,14H2/b4-1-,10-5?,13-12?,17-15?. The minimum atomic E-state index is 0.904. The average Bonchev–Trinajstić information content (AvgIpc) is 2.60. The monoisotopic (exact) mass is 249 g/mol. The summed E-state index contributed by atoms with van der Waals surface area (Å²) in [6, 6.07) is 0. The number of nitrogens with one attached hydrogen (secondary N) is 1. The van der Waals surface area contributed by atoms with Gasteiger partial charge in [0.2, 0.25) is 0 Å². The summed E-state index contributed by atoms with van der Waals surface area (Å²) < 4.78 is 0. The van der Waals surface area contributed by atoms with Gasteiger partial charge in [-0.05, 0) is 42.1 Å². The van der Waals surface area contributed by atoms with Crippen LogP contribution in [0.15, 0.2) is 83.2 Å². The minimum Gasteiger partial charge on any atom is -0.380 e. The Hall–Kier alpha value is -2.02. The molecule has 0 saturated carbocycles. The van der Waals surface area contributed by atoms with Crippen molar-refractivity contribution >= 4 is 0 Å². The molecule has 3 rings (SSSR count). The molecule has 0 fully saturated rings. The highest BCUT2D eigenvalue weighted by atomic mass is 14.9. The minimum absolute atomic E-state index is 0.904. The average molecular weight is 249 g/mol. The lowest BCUT2D eigenvalue weighted by Crippen LogP contribution is -2.18. The molecule has 0 aromatic carbocycles. The van der Waals surface area contributed by atoms with Crippen LogP contribution in [0.3, 0.4) is 0 Å². The fraction of sp³-hybridized carbons (Fsp3) is 0.222. The van der Waals surface area contributed by atoms with Gasteiger partial charge in [-0.25, -0.2) is 0 Å². The van der Waals surface area contributed by atoms with Gasteiger partial charge in [0.15, 0.2) is 0 Å². The van der Waals surface area contributed by atoms with E-state index in [0.717, 1.165) is 25.8 Å². The van der Waals surface area contributed by atoms with Crippen molar-refractivity contribution in [3.63, 3.8) is 0 Å². The third-order valence-electron chi connectivity index (χ3n) is 3.61. The second-order valence-corrected chi connectivity index (χ2v) is 4.96. The molecule has 1 N–H and O–H groups in total. The quantitative estimate of drug-likeness (QED) is 0.637. The Morgan fingerprint density at radius 1 is 0.684 bits per heavy atom. The topological polar surface area (TPSA) is 12.0 Å². The van der Waals surface area contributed by atoms with Crippen LogP contribution in [0.5, 0.6) is 0 Å². The highest BCUT2D eigenvalue weighted by molar-refractivity contribution is 5.48. The first-order valence-corrected chi connectivity index (χ1v) is 6.96. The largest absolute Gasteiger partial charge is 0.380 e. The lowest BCUT2D eigenvalue weighted by atomic mass is 9.98. The van der Waals surface area contributed by atoms with Crippen LogP contribution in [0.4, 0.5) is 0 Å². The molecule has 0 aromatic rings. The Balaban J connectivity index is 1.97. The van der Waals surface area contributed by atoms with Crippen molar-refractivity contribution in [1.29, 1.82) is 0 Å². The predicted molar refractivity (Wildman–Crippen MR) is 81.6 cm³/mol. The van der Waals surface area contributed by atoms with Gasteiger partial charge in [-0.15, -0.1) is 0 Å². The van der Waals surface area contributed by atoms with Gasteiger partial charge >= 0.3 is 0 Å². The van der Waals surface area contributed by atoms with E-state index in [4.69, 9.17) is 0 Å². The van der Waals surface area contributed by atoms with Crippen molar-refractivity contribution in [2.75, 3.05) is 6.54 Å². The highest BCUT2D eigenvalue weighted by Crippen LogP contribution is 2.21. The van der Waals surface area contributed by atoms with Crippen molar-refractivity contribution < 1.29 is 0 Å². The molecule has 0 radical (unpaired) electrons. The van der Waals surface area contributed by atoms with Gasteiger partial charge in [-0.2, -0.15) is 0 Å². The molecule has 0 spiro atoms. The van der Waals surface area contributed by atoms with Crippen LogP contribution in [0.2, 0.25) is 0 Å². The zero-order valence-electron chi connectivity index (χ0n) is 11.1. The maximum Gasteiger partial charge on any atom is 0.0413 e. The fourth-order valence-corrected chi connectivity index (χ4v) is 2.51. The normalized spacial score (nSPS) is 23.6. The van der Waals surface area contributed by atoms with E-state index >= 15 is 0 Å². The Morgan fingerprint density at radius 3 is 2.53 bits per heavy atom. The van der Waals surface area contributed by atoms with E-state index in [0.29, 0.717) is 0 Å². The lowest BCUT2D eigenvalue weighted by Gasteiger charge is -2.17.